The highest BCUT2D eigenvalue weighted by atomic mass is 31.2. The molecule has 4 aromatic rings. The molecule has 45 heavy (non-hydrogen) atoms. The van der Waals surface area contributed by atoms with E-state index < -0.39 is 21.5 Å². The first kappa shape index (κ1) is 35.9. The second-order valence-corrected chi connectivity index (χ2v) is 12.5. The molecule has 0 fully saturated rings. The minimum absolute atomic E-state index is 0.00398. The lowest BCUT2D eigenvalue weighted by atomic mass is 10.5. The Balaban J connectivity index is 0.000000248. The molecule has 0 bridgehead atoms. The Morgan fingerprint density at radius 2 is 1.51 bits per heavy atom. The van der Waals surface area contributed by atoms with Gasteiger partial charge in [0.25, 0.3) is 11.1 Å². The Hall–Kier alpha value is -3.59. The number of nitrogens with one attached hydrogen (secondary N) is 2. The van der Waals surface area contributed by atoms with Crippen molar-refractivity contribution in [1.29, 1.82) is 0 Å². The topological polar surface area (TPSA) is 241 Å². The van der Waals surface area contributed by atoms with Gasteiger partial charge < -0.3 is 43.5 Å². The molecule has 0 aliphatic rings. The first-order valence-corrected chi connectivity index (χ1v) is 17.2. The maximum atomic E-state index is 11.7. The summed E-state index contributed by atoms with van der Waals surface area (Å²) in [4.78, 5) is 56.6. The van der Waals surface area contributed by atoms with Crippen LogP contribution in [0.3, 0.4) is 0 Å². The van der Waals surface area contributed by atoms with Crippen molar-refractivity contribution >= 4 is 44.2 Å². The molecule has 0 spiro atoms. The summed E-state index contributed by atoms with van der Waals surface area (Å²) in [6, 6.07) is 0. The number of nitrogen functional groups attached to an aromatic ring is 1. The molecule has 0 saturated carbocycles. The first-order chi connectivity index (χ1) is 21.5. The molecule has 0 aliphatic carbocycles. The molecule has 0 radical (unpaired) electrons. The van der Waals surface area contributed by atoms with E-state index in [0.717, 1.165) is 13.1 Å². The van der Waals surface area contributed by atoms with Crippen molar-refractivity contribution in [2.75, 3.05) is 58.6 Å². The van der Waals surface area contributed by atoms with Crippen LogP contribution in [0.5, 0.6) is 0 Å². The summed E-state index contributed by atoms with van der Waals surface area (Å²) >= 11 is 0. The molecule has 0 aliphatic heterocycles. The minimum atomic E-state index is -3.44. The van der Waals surface area contributed by atoms with E-state index in [9.17, 15) is 14.2 Å². The SMILES string of the molecule is CP(=O)(O)OCCCOCn1cnc2c(=O)[nH]c(N)nc21.[C-]#[N+]CCOP(C)OCCCOCn1cnc2c(=O)[nH]c(C)nc21. The third-order valence-corrected chi connectivity index (χ3v) is 7.25. The molecule has 2 unspecified atom stereocenters. The molecule has 21 heteroatoms. The zero-order valence-corrected chi connectivity index (χ0v) is 26.8. The van der Waals surface area contributed by atoms with Crippen LogP contribution < -0.4 is 16.9 Å². The van der Waals surface area contributed by atoms with Crippen molar-refractivity contribution in [2.24, 2.45) is 0 Å². The van der Waals surface area contributed by atoms with Crippen LogP contribution in [-0.2, 0) is 41.1 Å². The molecule has 4 heterocycles. The molecular formula is C24H36N10O9P2. The fourth-order valence-electron chi connectivity index (χ4n) is 3.55. The Morgan fingerprint density at radius 1 is 0.956 bits per heavy atom. The minimum Gasteiger partial charge on any atom is -0.369 e. The smallest absolute Gasteiger partial charge is 0.325 e. The van der Waals surface area contributed by atoms with Crippen LogP contribution in [0.15, 0.2) is 22.2 Å². The monoisotopic (exact) mass is 670 g/mol. The second kappa shape index (κ2) is 17.8. The number of hydrogen-bond donors (Lipinski definition) is 4. The molecule has 5 N–H and O–H groups in total. The summed E-state index contributed by atoms with van der Waals surface area (Å²) < 4.78 is 40.6. The van der Waals surface area contributed by atoms with Crippen LogP contribution >= 0.6 is 16.0 Å². The lowest BCUT2D eigenvalue weighted by Gasteiger charge is -2.11. The second-order valence-electron chi connectivity index (χ2n) is 9.28. The molecule has 246 valence electrons. The zero-order valence-electron chi connectivity index (χ0n) is 25.0. The van der Waals surface area contributed by atoms with Crippen LogP contribution in [0.25, 0.3) is 27.2 Å². The summed E-state index contributed by atoms with van der Waals surface area (Å²) in [5.41, 5.74) is 6.15. The highest BCUT2D eigenvalue weighted by Crippen LogP contribution is 2.36. The number of hydrogen-bond acceptors (Lipinski definition) is 13. The van der Waals surface area contributed by atoms with Crippen LogP contribution in [0.4, 0.5) is 5.95 Å². The summed E-state index contributed by atoms with van der Waals surface area (Å²) in [7, 11) is -4.38. The molecule has 0 aromatic carbocycles. The summed E-state index contributed by atoms with van der Waals surface area (Å²) in [5.74, 6) is 0.543. The van der Waals surface area contributed by atoms with Gasteiger partial charge in [0.2, 0.25) is 12.5 Å². The number of imidazole rings is 2. The third kappa shape index (κ3) is 12.0. The average molecular weight is 671 g/mol. The number of nitrogens with two attached hydrogens (primary N) is 1. The van der Waals surface area contributed by atoms with Crippen LogP contribution in [-0.4, -0.2) is 96.8 Å². The maximum absolute atomic E-state index is 11.7. The number of H-pyrrole nitrogens is 2. The first-order valence-electron chi connectivity index (χ1n) is 13.5. The fourth-order valence-corrected chi connectivity index (χ4v) is 4.82. The number of nitrogens with zero attached hydrogens (tertiary/aromatic N) is 7. The van der Waals surface area contributed by atoms with E-state index in [1.807, 2.05) is 6.66 Å². The van der Waals surface area contributed by atoms with Crippen molar-refractivity contribution in [3.8, 4) is 0 Å². The highest BCUT2D eigenvalue weighted by molar-refractivity contribution is 7.51. The molecule has 4 rings (SSSR count). The fraction of sp³-hybridized carbons (Fsp3) is 0.542. The Bertz CT molecular complexity index is 1730. The number of anilines is 1. The predicted octanol–water partition coefficient (Wildman–Crippen LogP) is 1.58. The Kier molecular flexibility index (Phi) is 14.2. The van der Waals surface area contributed by atoms with Gasteiger partial charge in [-0.05, 0) is 19.8 Å². The zero-order chi connectivity index (χ0) is 32.8. The number of aromatic amines is 2. The predicted molar refractivity (Wildman–Crippen MR) is 165 cm³/mol. The van der Waals surface area contributed by atoms with Gasteiger partial charge in [-0.3, -0.25) is 28.3 Å². The quantitative estimate of drug-likeness (QED) is 0.0709. The lowest BCUT2D eigenvalue weighted by molar-refractivity contribution is 0.0689. The van der Waals surface area contributed by atoms with Crippen molar-refractivity contribution < 1.29 is 32.5 Å². The van der Waals surface area contributed by atoms with Crippen LogP contribution in [0.1, 0.15) is 18.7 Å². The van der Waals surface area contributed by atoms with Crippen molar-refractivity contribution in [3.63, 3.8) is 0 Å². The average Bonchev–Trinajstić information content (AvgIpc) is 3.57. The van der Waals surface area contributed by atoms with E-state index in [4.69, 9.17) is 40.2 Å². The lowest BCUT2D eigenvalue weighted by Crippen LogP contribution is -2.13. The van der Waals surface area contributed by atoms with Gasteiger partial charge in [-0.1, -0.05) is 0 Å². The molecule has 2 atom stereocenters. The Labute approximate surface area is 258 Å². The maximum Gasteiger partial charge on any atom is 0.325 e. The van der Waals surface area contributed by atoms with E-state index in [2.05, 4.69) is 34.7 Å². The van der Waals surface area contributed by atoms with Crippen LogP contribution in [0, 0.1) is 13.5 Å². The number of rotatable bonds is 17. The molecule has 0 amide bonds. The van der Waals surface area contributed by atoms with E-state index >= 15 is 0 Å². The number of fused-ring (bicyclic) bond motifs is 2. The van der Waals surface area contributed by atoms with Gasteiger partial charge in [0.05, 0.1) is 39.1 Å². The standard InChI is InChI=1S/C14H20N5O4P.C10H16N5O5P/c1-11-17-13-12(14(20)18-11)16-9-19(13)10-21-6-4-7-22-24(3)23-8-5-15-2;1-21(17,18)20-4-2-3-19-6-15-5-12-7-8(15)13-10(11)14-9(7)16/h9H,4-8,10H2,1,3H3,(H,17,18,20);5H,2-4,6H2,1H3,(H,17,18)(H3,11,13,14,16). The Morgan fingerprint density at radius 3 is 2.11 bits per heavy atom. The number of aryl methyl sites for hydroxylation is 1. The van der Waals surface area contributed by atoms with Crippen molar-refractivity contribution in [3.05, 3.63) is 50.6 Å². The van der Waals surface area contributed by atoms with Gasteiger partial charge in [-0.25, -0.2) is 21.5 Å². The third-order valence-electron chi connectivity index (χ3n) is 5.49. The van der Waals surface area contributed by atoms with Crippen molar-refractivity contribution in [1.82, 2.24) is 39.0 Å². The van der Waals surface area contributed by atoms with Crippen LogP contribution in [0.2, 0.25) is 0 Å². The van der Waals surface area contributed by atoms with Gasteiger partial charge in [-0.15, -0.1) is 0 Å². The summed E-state index contributed by atoms with van der Waals surface area (Å²) in [5, 5.41) is 0. The van der Waals surface area contributed by atoms with Crippen molar-refractivity contribution in [2.45, 2.75) is 33.2 Å². The van der Waals surface area contributed by atoms with E-state index in [-0.39, 0.29) is 37.1 Å². The molecule has 0 saturated heterocycles. The summed E-state index contributed by atoms with van der Waals surface area (Å²) in [6.45, 7) is 14.0. The van der Waals surface area contributed by atoms with Gasteiger partial charge >= 0.3 is 7.60 Å². The van der Waals surface area contributed by atoms with Gasteiger partial charge in [0.15, 0.2) is 30.7 Å². The largest absolute Gasteiger partial charge is 0.369 e. The molecule has 19 nitrogen and oxygen atoms in total. The molecular weight excluding hydrogens is 634 g/mol. The molecule has 4 aromatic heterocycles. The highest BCUT2D eigenvalue weighted by Gasteiger charge is 2.11. The normalized spacial score (nSPS) is 13.3. The summed E-state index contributed by atoms with van der Waals surface area (Å²) in [6.07, 6.45) is 4.15. The number of ether oxygens (including phenoxy) is 2. The van der Waals surface area contributed by atoms with E-state index in [1.54, 1.807) is 22.4 Å². The van der Waals surface area contributed by atoms with Gasteiger partial charge in [0, 0.05) is 13.3 Å². The van der Waals surface area contributed by atoms with E-state index in [1.165, 1.54) is 6.33 Å². The van der Waals surface area contributed by atoms with E-state index in [0.29, 0.717) is 62.0 Å². The number of aromatic nitrogens is 8. The van der Waals surface area contributed by atoms with Gasteiger partial charge in [0.1, 0.15) is 25.9 Å². The van der Waals surface area contributed by atoms with Gasteiger partial charge in [-0.2, -0.15) is 4.98 Å².